The van der Waals surface area contributed by atoms with E-state index >= 15 is 0 Å². The van der Waals surface area contributed by atoms with Crippen LogP contribution < -0.4 is 5.73 Å². The summed E-state index contributed by atoms with van der Waals surface area (Å²) in [6.45, 7) is 5.34. The average molecular weight is 254 g/mol. The van der Waals surface area contributed by atoms with Gasteiger partial charge in [-0.25, -0.2) is 0 Å². The minimum absolute atomic E-state index is 0.0795. The molecule has 3 atom stereocenters. The number of rotatable bonds is 4. The summed E-state index contributed by atoms with van der Waals surface area (Å²) in [6, 6.07) is 0.0877. The second-order valence-electron chi connectivity index (χ2n) is 5.65. The van der Waals surface area contributed by atoms with Gasteiger partial charge in [-0.3, -0.25) is 4.79 Å². The van der Waals surface area contributed by atoms with Crippen molar-refractivity contribution in [1.82, 2.24) is 4.90 Å². The van der Waals surface area contributed by atoms with E-state index in [9.17, 15) is 4.79 Å². The van der Waals surface area contributed by atoms with E-state index in [1.165, 1.54) is 6.42 Å². The van der Waals surface area contributed by atoms with Crippen LogP contribution in [0.25, 0.3) is 0 Å². The fourth-order valence-electron chi connectivity index (χ4n) is 3.22. The molecule has 2 rings (SSSR count). The Kier molecular flexibility index (Phi) is 5.01. The Bertz CT molecular complexity index is 283. The summed E-state index contributed by atoms with van der Waals surface area (Å²) < 4.78 is 5.48. The number of ether oxygens (including phenoxy) is 1. The zero-order valence-corrected chi connectivity index (χ0v) is 11.4. The number of carbonyl (C=O) groups is 1. The molecule has 1 aliphatic carbocycles. The number of amides is 1. The summed E-state index contributed by atoms with van der Waals surface area (Å²) >= 11 is 0. The Balaban J connectivity index is 1.85. The number of hydrogen-bond donors (Lipinski definition) is 1. The van der Waals surface area contributed by atoms with Crippen LogP contribution in [-0.4, -0.2) is 43.2 Å². The van der Waals surface area contributed by atoms with E-state index in [0.29, 0.717) is 11.8 Å². The molecule has 18 heavy (non-hydrogen) atoms. The van der Waals surface area contributed by atoms with Gasteiger partial charge in [-0.1, -0.05) is 6.42 Å². The van der Waals surface area contributed by atoms with Gasteiger partial charge in [0.25, 0.3) is 0 Å². The molecule has 1 amide bonds. The number of hydrogen-bond acceptors (Lipinski definition) is 3. The SMILES string of the molecule is CCOC[C@@H]1CCCN(C(=O)[C@@H]2CCC[C@H]2N)C1. The van der Waals surface area contributed by atoms with E-state index in [1.807, 2.05) is 11.8 Å². The molecule has 2 N–H and O–H groups in total. The molecule has 4 heteroatoms. The first-order valence-corrected chi connectivity index (χ1v) is 7.34. The Morgan fingerprint density at radius 1 is 1.33 bits per heavy atom. The lowest BCUT2D eigenvalue weighted by atomic mass is 9.95. The molecule has 2 aliphatic rings. The normalized spacial score (nSPS) is 32.8. The first kappa shape index (κ1) is 13.8. The molecule has 0 aromatic rings. The number of nitrogens with zero attached hydrogens (tertiary/aromatic N) is 1. The van der Waals surface area contributed by atoms with Crippen LogP contribution in [0.5, 0.6) is 0 Å². The van der Waals surface area contributed by atoms with Crippen LogP contribution in [0.1, 0.15) is 39.0 Å². The summed E-state index contributed by atoms with van der Waals surface area (Å²) in [7, 11) is 0. The molecule has 1 heterocycles. The zero-order chi connectivity index (χ0) is 13.0. The maximum absolute atomic E-state index is 12.4. The van der Waals surface area contributed by atoms with Crippen LogP contribution >= 0.6 is 0 Å². The van der Waals surface area contributed by atoms with Crippen molar-refractivity contribution in [2.75, 3.05) is 26.3 Å². The molecule has 0 unspecified atom stereocenters. The molecule has 104 valence electrons. The Hall–Kier alpha value is -0.610. The topological polar surface area (TPSA) is 55.6 Å². The molecule has 0 spiro atoms. The Labute approximate surface area is 110 Å². The summed E-state index contributed by atoms with van der Waals surface area (Å²) in [5.74, 6) is 0.886. The Morgan fingerprint density at radius 3 is 2.83 bits per heavy atom. The van der Waals surface area contributed by atoms with Gasteiger partial charge < -0.3 is 15.4 Å². The van der Waals surface area contributed by atoms with Crippen molar-refractivity contribution >= 4 is 5.91 Å². The van der Waals surface area contributed by atoms with Crippen LogP contribution in [0.15, 0.2) is 0 Å². The first-order chi connectivity index (χ1) is 8.72. The van der Waals surface area contributed by atoms with Crippen molar-refractivity contribution in [2.24, 2.45) is 17.6 Å². The lowest BCUT2D eigenvalue weighted by Gasteiger charge is -2.35. The molecule has 1 aliphatic heterocycles. The van der Waals surface area contributed by atoms with Gasteiger partial charge in [-0.05, 0) is 38.5 Å². The van der Waals surface area contributed by atoms with Crippen molar-refractivity contribution in [3.8, 4) is 0 Å². The molecule has 0 aromatic carbocycles. The fourth-order valence-corrected chi connectivity index (χ4v) is 3.22. The molecule has 1 saturated heterocycles. The van der Waals surface area contributed by atoms with Crippen molar-refractivity contribution in [3.63, 3.8) is 0 Å². The summed E-state index contributed by atoms with van der Waals surface area (Å²) in [5.41, 5.74) is 6.03. The highest BCUT2D eigenvalue weighted by atomic mass is 16.5. The largest absolute Gasteiger partial charge is 0.381 e. The number of likely N-dealkylation sites (tertiary alicyclic amines) is 1. The second kappa shape index (κ2) is 6.53. The number of piperidine rings is 1. The lowest BCUT2D eigenvalue weighted by Crippen LogP contribution is -2.46. The van der Waals surface area contributed by atoms with Crippen LogP contribution in [0.2, 0.25) is 0 Å². The average Bonchev–Trinajstić information content (AvgIpc) is 2.82. The van der Waals surface area contributed by atoms with Gasteiger partial charge in [0.15, 0.2) is 0 Å². The lowest BCUT2D eigenvalue weighted by molar-refractivity contribution is -0.138. The van der Waals surface area contributed by atoms with Crippen molar-refractivity contribution < 1.29 is 9.53 Å². The highest BCUT2D eigenvalue weighted by Crippen LogP contribution is 2.28. The van der Waals surface area contributed by atoms with Gasteiger partial charge in [-0.15, -0.1) is 0 Å². The maximum atomic E-state index is 12.4. The predicted molar refractivity (Wildman–Crippen MR) is 71.1 cm³/mol. The quantitative estimate of drug-likeness (QED) is 0.825. The van der Waals surface area contributed by atoms with Gasteiger partial charge >= 0.3 is 0 Å². The van der Waals surface area contributed by atoms with Crippen LogP contribution in [0, 0.1) is 11.8 Å². The van der Waals surface area contributed by atoms with Gasteiger partial charge in [0.1, 0.15) is 0 Å². The van der Waals surface area contributed by atoms with Crippen molar-refractivity contribution in [2.45, 2.75) is 45.1 Å². The summed E-state index contributed by atoms with van der Waals surface area (Å²) in [5, 5.41) is 0. The standard InChI is InChI=1S/C14H26N2O2/c1-2-18-10-11-5-4-8-16(9-11)14(17)12-6-3-7-13(12)15/h11-13H,2-10,15H2,1H3/t11-,12-,13-/m1/s1. The van der Waals surface area contributed by atoms with E-state index in [2.05, 4.69) is 0 Å². The smallest absolute Gasteiger partial charge is 0.227 e. The molecule has 0 bridgehead atoms. The third kappa shape index (κ3) is 3.23. The monoisotopic (exact) mass is 254 g/mol. The Morgan fingerprint density at radius 2 is 2.17 bits per heavy atom. The molecular formula is C14H26N2O2. The van der Waals surface area contributed by atoms with Gasteiger partial charge in [-0.2, -0.15) is 0 Å². The minimum Gasteiger partial charge on any atom is -0.381 e. The molecule has 0 aromatic heterocycles. The number of nitrogens with two attached hydrogens (primary N) is 1. The van der Waals surface area contributed by atoms with Gasteiger partial charge in [0, 0.05) is 25.7 Å². The zero-order valence-electron chi connectivity index (χ0n) is 11.4. The third-order valence-electron chi connectivity index (χ3n) is 4.27. The van der Waals surface area contributed by atoms with Gasteiger partial charge in [0.2, 0.25) is 5.91 Å². The van der Waals surface area contributed by atoms with E-state index in [4.69, 9.17) is 10.5 Å². The summed E-state index contributed by atoms with van der Waals surface area (Å²) in [4.78, 5) is 14.5. The molecule has 0 radical (unpaired) electrons. The van der Waals surface area contributed by atoms with E-state index in [0.717, 1.165) is 52.0 Å². The van der Waals surface area contributed by atoms with Crippen LogP contribution in [0.4, 0.5) is 0 Å². The molecular weight excluding hydrogens is 228 g/mol. The van der Waals surface area contributed by atoms with Gasteiger partial charge in [0.05, 0.1) is 12.5 Å². The highest BCUT2D eigenvalue weighted by Gasteiger charge is 2.35. The minimum atomic E-state index is 0.0795. The van der Waals surface area contributed by atoms with Crippen LogP contribution in [0.3, 0.4) is 0 Å². The highest BCUT2D eigenvalue weighted by molar-refractivity contribution is 5.80. The first-order valence-electron chi connectivity index (χ1n) is 7.34. The summed E-state index contributed by atoms with van der Waals surface area (Å²) in [6.07, 6.45) is 5.37. The van der Waals surface area contributed by atoms with E-state index in [-0.39, 0.29) is 12.0 Å². The fraction of sp³-hybridized carbons (Fsp3) is 0.929. The predicted octanol–water partition coefficient (Wildman–Crippen LogP) is 1.39. The second-order valence-corrected chi connectivity index (χ2v) is 5.65. The molecule has 4 nitrogen and oxygen atoms in total. The third-order valence-corrected chi connectivity index (χ3v) is 4.27. The molecule has 2 fully saturated rings. The van der Waals surface area contributed by atoms with Crippen LogP contribution in [-0.2, 0) is 9.53 Å². The maximum Gasteiger partial charge on any atom is 0.227 e. The molecule has 1 saturated carbocycles. The van der Waals surface area contributed by atoms with Crippen molar-refractivity contribution in [1.29, 1.82) is 0 Å². The van der Waals surface area contributed by atoms with E-state index in [1.54, 1.807) is 0 Å². The van der Waals surface area contributed by atoms with E-state index < -0.39 is 0 Å². The number of carbonyl (C=O) groups excluding carboxylic acids is 1. The van der Waals surface area contributed by atoms with Crippen molar-refractivity contribution in [3.05, 3.63) is 0 Å².